The van der Waals surface area contributed by atoms with Crippen molar-refractivity contribution in [3.8, 4) is 5.75 Å². The molecule has 1 saturated heterocycles. The molecule has 3 rings (SSSR count). The first-order valence-corrected chi connectivity index (χ1v) is 12.0. The molecule has 0 aliphatic carbocycles. The van der Waals surface area contributed by atoms with E-state index in [2.05, 4.69) is 10.3 Å². The van der Waals surface area contributed by atoms with E-state index in [4.69, 9.17) is 4.74 Å². The number of piperidine rings is 1. The maximum absolute atomic E-state index is 12.6. The van der Waals surface area contributed by atoms with Crippen LogP contribution in [0.4, 0.5) is 0 Å². The van der Waals surface area contributed by atoms with Crippen molar-refractivity contribution in [3.05, 3.63) is 59.9 Å². The quantitative estimate of drug-likeness (QED) is 0.660. The van der Waals surface area contributed by atoms with E-state index in [-0.39, 0.29) is 24.1 Å². The average molecular weight is 432 g/mol. The predicted molar refractivity (Wildman–Crippen MR) is 115 cm³/mol. The van der Waals surface area contributed by atoms with Gasteiger partial charge in [-0.2, -0.15) is 0 Å². The van der Waals surface area contributed by atoms with Gasteiger partial charge in [-0.3, -0.25) is 9.78 Å². The normalized spacial score (nSPS) is 17.4. The maximum Gasteiger partial charge on any atom is 0.224 e. The minimum Gasteiger partial charge on any atom is -0.487 e. The summed E-state index contributed by atoms with van der Waals surface area (Å²) in [7, 11) is -3.27. The summed E-state index contributed by atoms with van der Waals surface area (Å²) in [6.07, 6.45) is 3.72. The Hall–Kier alpha value is -2.45. The van der Waals surface area contributed by atoms with Crippen LogP contribution in [-0.4, -0.2) is 42.5 Å². The van der Waals surface area contributed by atoms with Crippen LogP contribution in [-0.2, 0) is 28.0 Å². The van der Waals surface area contributed by atoms with Crippen LogP contribution < -0.4 is 10.1 Å². The van der Waals surface area contributed by atoms with E-state index in [1.54, 1.807) is 6.20 Å². The van der Waals surface area contributed by atoms with Gasteiger partial charge in [0.2, 0.25) is 15.9 Å². The molecule has 1 fully saturated rings. The van der Waals surface area contributed by atoms with Crippen molar-refractivity contribution in [2.45, 2.75) is 39.3 Å². The molecule has 30 heavy (non-hydrogen) atoms. The molecule has 0 spiro atoms. The van der Waals surface area contributed by atoms with Crippen molar-refractivity contribution in [1.29, 1.82) is 0 Å². The van der Waals surface area contributed by atoms with Gasteiger partial charge in [-0.1, -0.05) is 25.1 Å². The van der Waals surface area contributed by atoms with Crippen LogP contribution in [0.5, 0.6) is 5.75 Å². The van der Waals surface area contributed by atoms with Gasteiger partial charge in [-0.25, -0.2) is 12.7 Å². The number of sulfonamides is 1. The molecule has 8 heteroatoms. The van der Waals surface area contributed by atoms with Crippen LogP contribution >= 0.6 is 0 Å². The molecule has 1 aliphatic heterocycles. The fourth-order valence-corrected chi connectivity index (χ4v) is 5.10. The zero-order valence-electron chi connectivity index (χ0n) is 17.3. The number of carbonyl (C=O) groups excluding carboxylic acids is 1. The molecule has 2 aromatic rings. The number of carbonyl (C=O) groups is 1. The number of hydrogen-bond donors (Lipinski definition) is 1. The highest BCUT2D eigenvalue weighted by atomic mass is 32.2. The Bertz CT molecular complexity index is 934. The summed E-state index contributed by atoms with van der Waals surface area (Å²) in [4.78, 5) is 16.9. The Morgan fingerprint density at radius 1 is 1.27 bits per heavy atom. The van der Waals surface area contributed by atoms with E-state index in [1.165, 1.54) is 4.31 Å². The third-order valence-electron chi connectivity index (χ3n) is 5.09. The van der Waals surface area contributed by atoms with Gasteiger partial charge >= 0.3 is 0 Å². The first-order chi connectivity index (χ1) is 14.5. The number of nitrogens with one attached hydrogen (secondary N) is 1. The van der Waals surface area contributed by atoms with Crippen molar-refractivity contribution < 1.29 is 17.9 Å². The van der Waals surface area contributed by atoms with Crippen molar-refractivity contribution in [3.63, 3.8) is 0 Å². The molecular formula is C22H29N3O4S. The van der Waals surface area contributed by atoms with Crippen molar-refractivity contribution in [1.82, 2.24) is 14.6 Å². The van der Waals surface area contributed by atoms with Crippen LogP contribution in [0.2, 0.25) is 0 Å². The molecule has 1 unspecified atom stereocenters. The number of hydrogen-bond acceptors (Lipinski definition) is 5. The van der Waals surface area contributed by atoms with Gasteiger partial charge < -0.3 is 10.1 Å². The Labute approximate surface area is 178 Å². The molecule has 162 valence electrons. The second-order valence-corrected chi connectivity index (χ2v) is 9.58. The number of benzene rings is 1. The highest BCUT2D eigenvalue weighted by molar-refractivity contribution is 7.89. The van der Waals surface area contributed by atoms with E-state index in [1.807, 2.05) is 49.4 Å². The highest BCUT2D eigenvalue weighted by Crippen LogP contribution is 2.21. The third-order valence-corrected chi connectivity index (χ3v) is 7.13. The zero-order valence-corrected chi connectivity index (χ0v) is 18.1. The summed E-state index contributed by atoms with van der Waals surface area (Å²) >= 11 is 0. The lowest BCUT2D eigenvalue weighted by Gasteiger charge is -2.31. The lowest BCUT2D eigenvalue weighted by molar-refractivity contribution is -0.126. The fraction of sp³-hybridized carbons (Fsp3) is 0.455. The second-order valence-electron chi connectivity index (χ2n) is 7.49. The summed E-state index contributed by atoms with van der Waals surface area (Å²) in [5.41, 5.74) is 1.77. The van der Waals surface area contributed by atoms with Crippen LogP contribution in [0.1, 0.15) is 37.4 Å². The molecule has 0 bridgehead atoms. The first kappa shape index (κ1) is 22.2. The molecular weight excluding hydrogens is 402 g/mol. The van der Waals surface area contributed by atoms with Crippen molar-refractivity contribution >= 4 is 15.9 Å². The Morgan fingerprint density at radius 3 is 2.90 bits per heavy atom. The molecule has 1 aromatic carbocycles. The molecule has 7 nitrogen and oxygen atoms in total. The van der Waals surface area contributed by atoms with Gasteiger partial charge in [-0.05, 0) is 49.1 Å². The SMILES string of the molecule is CCCS(=O)(=O)N1CCCC(C(=O)NCc2cccc(OCc3ccccn3)c2)C1. The second kappa shape index (κ2) is 10.5. The molecule has 0 radical (unpaired) electrons. The number of ether oxygens (including phenoxy) is 1. The molecule has 1 aromatic heterocycles. The van der Waals surface area contributed by atoms with E-state index in [9.17, 15) is 13.2 Å². The van der Waals surface area contributed by atoms with Gasteiger partial charge in [0.15, 0.2) is 0 Å². The third kappa shape index (κ3) is 6.27. The lowest BCUT2D eigenvalue weighted by Crippen LogP contribution is -2.45. The van der Waals surface area contributed by atoms with Gasteiger partial charge in [0.05, 0.1) is 17.4 Å². The molecule has 1 aliphatic rings. The van der Waals surface area contributed by atoms with E-state index < -0.39 is 10.0 Å². The van der Waals surface area contributed by atoms with E-state index in [0.717, 1.165) is 11.3 Å². The largest absolute Gasteiger partial charge is 0.487 e. The van der Waals surface area contributed by atoms with Gasteiger partial charge in [0, 0.05) is 25.8 Å². The van der Waals surface area contributed by atoms with Gasteiger partial charge in [-0.15, -0.1) is 0 Å². The average Bonchev–Trinajstić information content (AvgIpc) is 2.77. The van der Waals surface area contributed by atoms with Crippen LogP contribution in [0, 0.1) is 5.92 Å². The zero-order chi connectivity index (χ0) is 21.4. The number of nitrogens with zero attached hydrogens (tertiary/aromatic N) is 2. The van der Waals surface area contributed by atoms with Crippen LogP contribution in [0.15, 0.2) is 48.7 Å². The first-order valence-electron chi connectivity index (χ1n) is 10.3. The smallest absolute Gasteiger partial charge is 0.224 e. The lowest BCUT2D eigenvalue weighted by atomic mass is 9.99. The van der Waals surface area contributed by atoms with Crippen molar-refractivity contribution in [2.75, 3.05) is 18.8 Å². The fourth-order valence-electron chi connectivity index (χ4n) is 3.52. The molecule has 0 saturated carbocycles. The van der Waals surface area contributed by atoms with Gasteiger partial charge in [0.1, 0.15) is 12.4 Å². The highest BCUT2D eigenvalue weighted by Gasteiger charge is 2.31. The summed E-state index contributed by atoms with van der Waals surface area (Å²) in [6.45, 7) is 3.36. The molecule has 2 heterocycles. The number of amides is 1. The number of aromatic nitrogens is 1. The van der Waals surface area contributed by atoms with Crippen molar-refractivity contribution in [2.24, 2.45) is 5.92 Å². The summed E-state index contributed by atoms with van der Waals surface area (Å²) in [5.74, 6) is 0.425. The molecule has 1 N–H and O–H groups in total. The standard InChI is InChI=1S/C22H29N3O4S/c1-2-13-30(27,28)25-12-6-8-19(16-25)22(26)24-15-18-7-5-10-21(14-18)29-17-20-9-3-4-11-23-20/h3-5,7,9-11,14,19H,2,6,8,12-13,15-17H2,1H3,(H,24,26). The summed E-state index contributed by atoms with van der Waals surface area (Å²) in [6, 6.07) is 13.2. The van der Waals surface area contributed by atoms with Crippen LogP contribution in [0.25, 0.3) is 0 Å². The minimum absolute atomic E-state index is 0.105. The molecule has 1 amide bonds. The Morgan fingerprint density at radius 2 is 2.13 bits per heavy atom. The Balaban J connectivity index is 1.52. The monoisotopic (exact) mass is 431 g/mol. The minimum atomic E-state index is -3.27. The summed E-state index contributed by atoms with van der Waals surface area (Å²) in [5, 5.41) is 2.95. The topological polar surface area (TPSA) is 88.6 Å². The van der Waals surface area contributed by atoms with E-state index >= 15 is 0 Å². The molecule has 1 atom stereocenters. The summed E-state index contributed by atoms with van der Waals surface area (Å²) < 4.78 is 31.9. The van der Waals surface area contributed by atoms with E-state index in [0.29, 0.717) is 44.7 Å². The van der Waals surface area contributed by atoms with Crippen LogP contribution in [0.3, 0.4) is 0 Å². The van der Waals surface area contributed by atoms with Gasteiger partial charge in [0.25, 0.3) is 0 Å². The number of pyridine rings is 1. The predicted octanol–water partition coefficient (Wildman–Crippen LogP) is 2.73. The Kier molecular flexibility index (Phi) is 7.81. The maximum atomic E-state index is 12.6. The number of rotatable bonds is 9.